The van der Waals surface area contributed by atoms with Crippen molar-refractivity contribution in [3.63, 3.8) is 0 Å². The topological polar surface area (TPSA) is 75.7 Å². The average molecular weight is 390 g/mol. The molecule has 2 amide bonds. The number of carbonyl (C=O) groups is 3. The normalized spacial score (nSPS) is 16.6. The van der Waals surface area contributed by atoms with E-state index in [0.29, 0.717) is 30.0 Å². The second-order valence-electron chi connectivity index (χ2n) is 6.23. The number of benzene rings is 1. The number of rotatable bonds is 5. The number of hydrogen-bond acceptors (Lipinski definition) is 5. The number of ether oxygens (including phenoxy) is 1. The molecule has 0 unspecified atom stereocenters. The van der Waals surface area contributed by atoms with Crippen molar-refractivity contribution in [1.82, 2.24) is 4.90 Å². The Labute approximate surface area is 159 Å². The maximum atomic E-state index is 13.1. The number of halogens is 1. The van der Waals surface area contributed by atoms with Gasteiger partial charge in [-0.25, -0.2) is 4.39 Å². The lowest BCUT2D eigenvalue weighted by Gasteiger charge is -2.31. The average Bonchev–Trinajstić information content (AvgIpc) is 3.20. The van der Waals surface area contributed by atoms with Gasteiger partial charge in [0.25, 0.3) is 11.8 Å². The molecule has 2 aromatic rings. The number of anilines is 1. The zero-order valence-electron chi connectivity index (χ0n) is 14.5. The molecule has 0 saturated carbocycles. The first kappa shape index (κ1) is 19.0. The van der Waals surface area contributed by atoms with Crippen LogP contribution in [-0.2, 0) is 14.3 Å². The molecule has 1 saturated heterocycles. The molecule has 1 aliphatic heterocycles. The van der Waals surface area contributed by atoms with Gasteiger partial charge in [-0.15, -0.1) is 11.3 Å². The molecule has 1 aliphatic rings. The van der Waals surface area contributed by atoms with E-state index in [-0.39, 0.29) is 12.5 Å². The van der Waals surface area contributed by atoms with E-state index >= 15 is 0 Å². The van der Waals surface area contributed by atoms with Gasteiger partial charge in [-0.05, 0) is 42.5 Å². The maximum Gasteiger partial charge on any atom is 0.311 e. The summed E-state index contributed by atoms with van der Waals surface area (Å²) in [6, 6.07) is 9.02. The van der Waals surface area contributed by atoms with Crippen molar-refractivity contribution in [1.29, 1.82) is 0 Å². The van der Waals surface area contributed by atoms with Crippen LogP contribution in [0.15, 0.2) is 41.8 Å². The van der Waals surface area contributed by atoms with E-state index < -0.39 is 30.2 Å². The summed E-state index contributed by atoms with van der Waals surface area (Å²) in [5, 5.41) is 4.30. The van der Waals surface area contributed by atoms with Crippen molar-refractivity contribution in [2.75, 3.05) is 25.0 Å². The number of esters is 1. The van der Waals surface area contributed by atoms with Crippen LogP contribution in [0.3, 0.4) is 0 Å². The minimum absolute atomic E-state index is 0.0913. The third kappa shape index (κ3) is 5.13. The standard InChI is InChI=1S/C19H19FN2O4S/c20-14-5-1-6-15(10-14)21-17(23)12-26-19(25)13-4-2-8-22(11-13)18(24)16-7-3-9-27-16/h1,3,5-7,9-10,13H,2,4,8,11-12H2,(H,21,23)/t13-/m0/s1. The molecule has 0 spiro atoms. The van der Waals surface area contributed by atoms with E-state index in [0.717, 1.165) is 0 Å². The van der Waals surface area contributed by atoms with E-state index in [1.165, 1.54) is 35.6 Å². The third-order valence-electron chi connectivity index (χ3n) is 4.23. The van der Waals surface area contributed by atoms with Crippen molar-refractivity contribution in [3.8, 4) is 0 Å². The van der Waals surface area contributed by atoms with Crippen LogP contribution in [0.2, 0.25) is 0 Å². The Morgan fingerprint density at radius 3 is 2.85 bits per heavy atom. The van der Waals surface area contributed by atoms with Crippen LogP contribution in [0, 0.1) is 11.7 Å². The Morgan fingerprint density at radius 1 is 1.26 bits per heavy atom. The fraction of sp³-hybridized carbons (Fsp3) is 0.316. The molecule has 0 radical (unpaired) electrons. The number of piperidine rings is 1. The number of hydrogen-bond donors (Lipinski definition) is 1. The van der Waals surface area contributed by atoms with Crippen molar-refractivity contribution < 1.29 is 23.5 Å². The second kappa shape index (κ2) is 8.77. The number of likely N-dealkylation sites (tertiary alicyclic amines) is 1. The van der Waals surface area contributed by atoms with Gasteiger partial charge >= 0.3 is 5.97 Å². The molecule has 1 N–H and O–H groups in total. The van der Waals surface area contributed by atoms with Gasteiger partial charge < -0.3 is 15.0 Å². The van der Waals surface area contributed by atoms with Gasteiger partial charge in [-0.3, -0.25) is 14.4 Å². The predicted molar refractivity (Wildman–Crippen MR) is 98.9 cm³/mol. The number of thiophene rings is 1. The molecular weight excluding hydrogens is 371 g/mol. The molecule has 2 heterocycles. The molecule has 0 bridgehead atoms. The van der Waals surface area contributed by atoms with Crippen molar-refractivity contribution in [2.24, 2.45) is 5.92 Å². The lowest BCUT2D eigenvalue weighted by Crippen LogP contribution is -2.43. The predicted octanol–water partition coefficient (Wildman–Crippen LogP) is 2.92. The molecule has 27 heavy (non-hydrogen) atoms. The van der Waals surface area contributed by atoms with Gasteiger partial charge in [-0.2, -0.15) is 0 Å². The minimum atomic E-state index is -0.545. The zero-order chi connectivity index (χ0) is 19.2. The van der Waals surface area contributed by atoms with Gasteiger partial charge in [0.15, 0.2) is 6.61 Å². The van der Waals surface area contributed by atoms with E-state index in [1.807, 2.05) is 11.4 Å². The highest BCUT2D eigenvalue weighted by atomic mass is 32.1. The van der Waals surface area contributed by atoms with E-state index in [9.17, 15) is 18.8 Å². The first-order chi connectivity index (χ1) is 13.0. The molecule has 142 valence electrons. The van der Waals surface area contributed by atoms with Gasteiger partial charge in [0.2, 0.25) is 0 Å². The summed E-state index contributed by atoms with van der Waals surface area (Å²) >= 11 is 1.36. The summed E-state index contributed by atoms with van der Waals surface area (Å²) in [5.41, 5.74) is 0.293. The summed E-state index contributed by atoms with van der Waals surface area (Å²) < 4.78 is 18.2. The van der Waals surface area contributed by atoms with Crippen LogP contribution in [0.1, 0.15) is 22.5 Å². The van der Waals surface area contributed by atoms with Crippen LogP contribution in [0.4, 0.5) is 10.1 Å². The molecule has 3 rings (SSSR count). The molecule has 8 heteroatoms. The highest BCUT2D eigenvalue weighted by Crippen LogP contribution is 2.21. The summed E-state index contributed by atoms with van der Waals surface area (Å²) in [5.74, 6) is -2.07. The first-order valence-electron chi connectivity index (χ1n) is 8.58. The lowest BCUT2D eigenvalue weighted by atomic mass is 9.98. The Hall–Kier alpha value is -2.74. The molecular formula is C19H19FN2O4S. The minimum Gasteiger partial charge on any atom is -0.455 e. The quantitative estimate of drug-likeness (QED) is 0.797. The summed E-state index contributed by atoms with van der Waals surface area (Å²) in [7, 11) is 0. The number of nitrogens with one attached hydrogen (secondary N) is 1. The SMILES string of the molecule is O=C(COC(=O)[C@H]1CCCN(C(=O)c2cccs2)C1)Nc1cccc(F)c1. The molecule has 0 aliphatic carbocycles. The molecule has 6 nitrogen and oxygen atoms in total. The number of nitrogens with zero attached hydrogens (tertiary/aromatic N) is 1. The Kier molecular flexibility index (Phi) is 6.18. The summed E-state index contributed by atoms with van der Waals surface area (Å²) in [4.78, 5) is 38.8. The molecule has 1 atom stereocenters. The van der Waals surface area contributed by atoms with Crippen LogP contribution in [0.5, 0.6) is 0 Å². The molecule has 1 fully saturated rings. The molecule has 1 aromatic heterocycles. The highest BCUT2D eigenvalue weighted by molar-refractivity contribution is 7.12. The van der Waals surface area contributed by atoms with Crippen LogP contribution >= 0.6 is 11.3 Å². The van der Waals surface area contributed by atoms with E-state index in [1.54, 1.807) is 11.0 Å². The summed E-state index contributed by atoms with van der Waals surface area (Å²) in [6.07, 6.45) is 1.31. The first-order valence-corrected chi connectivity index (χ1v) is 9.46. The van der Waals surface area contributed by atoms with Crippen LogP contribution in [0.25, 0.3) is 0 Å². The Balaban J connectivity index is 1.48. The Bertz CT molecular complexity index is 825. The van der Waals surface area contributed by atoms with Crippen LogP contribution < -0.4 is 5.32 Å². The van der Waals surface area contributed by atoms with E-state index in [4.69, 9.17) is 4.74 Å². The monoisotopic (exact) mass is 390 g/mol. The third-order valence-corrected chi connectivity index (χ3v) is 5.09. The fourth-order valence-corrected chi connectivity index (χ4v) is 3.62. The lowest BCUT2D eigenvalue weighted by molar-refractivity contribution is -0.152. The van der Waals surface area contributed by atoms with Gasteiger partial charge in [0.1, 0.15) is 5.82 Å². The summed E-state index contributed by atoms with van der Waals surface area (Å²) in [6.45, 7) is 0.423. The highest BCUT2D eigenvalue weighted by Gasteiger charge is 2.30. The smallest absolute Gasteiger partial charge is 0.311 e. The zero-order valence-corrected chi connectivity index (χ0v) is 15.3. The number of carbonyl (C=O) groups excluding carboxylic acids is 3. The van der Waals surface area contributed by atoms with Crippen molar-refractivity contribution >= 4 is 34.8 Å². The maximum absolute atomic E-state index is 13.1. The fourth-order valence-electron chi connectivity index (χ4n) is 2.93. The van der Waals surface area contributed by atoms with Crippen molar-refractivity contribution in [2.45, 2.75) is 12.8 Å². The molecule has 1 aromatic carbocycles. The van der Waals surface area contributed by atoms with Gasteiger partial charge in [0, 0.05) is 18.8 Å². The largest absolute Gasteiger partial charge is 0.455 e. The Morgan fingerprint density at radius 2 is 2.11 bits per heavy atom. The van der Waals surface area contributed by atoms with Crippen molar-refractivity contribution in [3.05, 3.63) is 52.5 Å². The van der Waals surface area contributed by atoms with Gasteiger partial charge in [-0.1, -0.05) is 12.1 Å². The van der Waals surface area contributed by atoms with Crippen LogP contribution in [-0.4, -0.2) is 42.4 Å². The van der Waals surface area contributed by atoms with Gasteiger partial charge in [0.05, 0.1) is 10.8 Å². The number of amides is 2. The van der Waals surface area contributed by atoms with E-state index in [2.05, 4.69) is 5.32 Å². The second-order valence-corrected chi connectivity index (χ2v) is 7.18.